The van der Waals surface area contributed by atoms with Crippen LogP contribution in [0.5, 0.6) is 0 Å². The Morgan fingerprint density at radius 3 is 2.75 bits per heavy atom. The van der Waals surface area contributed by atoms with Crippen LogP contribution in [0.2, 0.25) is 0 Å². The highest BCUT2D eigenvalue weighted by Crippen LogP contribution is 2.47. The maximum Gasteiger partial charge on any atom is 0.522 e. The lowest BCUT2D eigenvalue weighted by molar-refractivity contribution is 0.0185. The van der Waals surface area contributed by atoms with Gasteiger partial charge in [-0.05, 0) is 29.4 Å². The van der Waals surface area contributed by atoms with E-state index in [-0.39, 0.29) is 11.5 Å². The molecule has 0 spiro atoms. The Morgan fingerprint density at radius 1 is 1.33 bits per heavy atom. The van der Waals surface area contributed by atoms with E-state index in [4.69, 9.17) is 26.6 Å². The molecule has 3 rings (SSSR count). The first-order valence-corrected chi connectivity index (χ1v) is 9.97. The van der Waals surface area contributed by atoms with Crippen LogP contribution in [0.1, 0.15) is 19.4 Å². The van der Waals surface area contributed by atoms with E-state index in [1.54, 1.807) is 12.2 Å². The van der Waals surface area contributed by atoms with Gasteiger partial charge in [0, 0.05) is 16.7 Å². The van der Waals surface area contributed by atoms with Gasteiger partial charge in [0.15, 0.2) is 0 Å². The molecule has 3 atom stereocenters. The number of hydrogen-bond acceptors (Lipinski definition) is 5. The molecule has 1 aromatic rings. The van der Waals surface area contributed by atoms with Crippen LogP contribution in [0.15, 0.2) is 59.3 Å². The zero-order valence-corrected chi connectivity index (χ0v) is 15.4. The number of benzene rings is 1. The Bertz CT molecular complexity index is 740. The summed E-state index contributed by atoms with van der Waals surface area (Å²) in [5.74, 6) is 0. The van der Waals surface area contributed by atoms with E-state index >= 15 is 0 Å². The van der Waals surface area contributed by atoms with Crippen LogP contribution < -0.4 is 5.73 Å². The Hall–Kier alpha value is -1.36. The molecular formula is C18H21NO3PS+. The molecule has 4 nitrogen and oxygen atoms in total. The topological polar surface area (TPSA) is 64.7 Å². The minimum Gasteiger partial charge on any atom is -0.398 e. The van der Waals surface area contributed by atoms with Crippen molar-refractivity contribution in [3.63, 3.8) is 0 Å². The number of aliphatic hydroxyl groups excluding tert-OH is 1. The SMILES string of the molecule is CC1(C)CO[P+](=S)OC1C1=C(N)C=CC(O)C1=Cc1ccccc1. The molecular weight excluding hydrogens is 341 g/mol. The summed E-state index contributed by atoms with van der Waals surface area (Å²) in [5.41, 5.74) is 9.13. The zero-order chi connectivity index (χ0) is 17.3. The van der Waals surface area contributed by atoms with Gasteiger partial charge >= 0.3 is 7.15 Å². The monoisotopic (exact) mass is 362 g/mol. The van der Waals surface area contributed by atoms with Crippen LogP contribution in [0.3, 0.4) is 0 Å². The fourth-order valence-electron chi connectivity index (χ4n) is 2.91. The molecule has 3 unspecified atom stereocenters. The van der Waals surface area contributed by atoms with Crippen LogP contribution in [0.4, 0.5) is 0 Å². The zero-order valence-electron chi connectivity index (χ0n) is 13.7. The van der Waals surface area contributed by atoms with Gasteiger partial charge in [0.25, 0.3) is 0 Å². The molecule has 24 heavy (non-hydrogen) atoms. The van der Waals surface area contributed by atoms with E-state index in [2.05, 4.69) is 13.8 Å². The van der Waals surface area contributed by atoms with Crippen molar-refractivity contribution < 1.29 is 14.2 Å². The number of rotatable bonds is 2. The van der Waals surface area contributed by atoms with Gasteiger partial charge in [0.05, 0.1) is 6.10 Å². The van der Waals surface area contributed by atoms with E-state index in [1.807, 2.05) is 36.4 Å². The summed E-state index contributed by atoms with van der Waals surface area (Å²) in [6, 6.07) is 9.85. The van der Waals surface area contributed by atoms with Crippen molar-refractivity contribution in [1.29, 1.82) is 0 Å². The van der Waals surface area contributed by atoms with Gasteiger partial charge in [-0.1, -0.05) is 44.2 Å². The van der Waals surface area contributed by atoms with Crippen LogP contribution in [-0.4, -0.2) is 23.9 Å². The molecule has 6 heteroatoms. The van der Waals surface area contributed by atoms with E-state index < -0.39 is 13.3 Å². The summed E-state index contributed by atoms with van der Waals surface area (Å²) in [4.78, 5) is 0. The quantitative estimate of drug-likeness (QED) is 0.789. The molecule has 0 amide bonds. The third kappa shape index (κ3) is 3.51. The molecule has 2 aliphatic rings. The number of allylic oxidation sites excluding steroid dienone is 1. The highest BCUT2D eigenvalue weighted by atomic mass is 32.4. The Labute approximate surface area is 148 Å². The van der Waals surface area contributed by atoms with E-state index in [9.17, 15) is 5.11 Å². The highest BCUT2D eigenvalue weighted by molar-refractivity contribution is 8.00. The molecule has 126 valence electrons. The molecule has 1 aromatic carbocycles. The third-order valence-electron chi connectivity index (χ3n) is 4.23. The summed E-state index contributed by atoms with van der Waals surface area (Å²) in [6.07, 6.45) is 4.34. The predicted octanol–water partition coefficient (Wildman–Crippen LogP) is 3.43. The predicted molar refractivity (Wildman–Crippen MR) is 99.7 cm³/mol. The maximum absolute atomic E-state index is 10.5. The lowest BCUT2D eigenvalue weighted by atomic mass is 9.77. The van der Waals surface area contributed by atoms with Gasteiger partial charge in [-0.2, -0.15) is 0 Å². The van der Waals surface area contributed by atoms with E-state index in [0.717, 1.165) is 16.7 Å². The van der Waals surface area contributed by atoms with Crippen molar-refractivity contribution in [3.05, 3.63) is 64.9 Å². The summed E-state index contributed by atoms with van der Waals surface area (Å²) >= 11 is 5.23. The van der Waals surface area contributed by atoms with Gasteiger partial charge in [-0.15, -0.1) is 9.05 Å². The fourth-order valence-corrected chi connectivity index (χ4v) is 4.38. The average Bonchev–Trinajstić information content (AvgIpc) is 2.55. The van der Waals surface area contributed by atoms with Crippen LogP contribution in [0.25, 0.3) is 6.08 Å². The molecule has 1 fully saturated rings. The van der Waals surface area contributed by atoms with Gasteiger partial charge < -0.3 is 10.8 Å². The van der Waals surface area contributed by atoms with E-state index in [1.165, 1.54) is 0 Å². The normalized spacial score (nSPS) is 30.0. The van der Waals surface area contributed by atoms with Gasteiger partial charge in [-0.3, -0.25) is 0 Å². The molecule has 0 radical (unpaired) electrons. The summed E-state index contributed by atoms with van der Waals surface area (Å²) in [5, 5.41) is 10.5. The lowest BCUT2D eigenvalue weighted by Crippen LogP contribution is -2.42. The van der Waals surface area contributed by atoms with Crippen molar-refractivity contribution >= 4 is 25.0 Å². The van der Waals surface area contributed by atoms with Gasteiger partial charge in [0.1, 0.15) is 12.7 Å². The van der Waals surface area contributed by atoms with Crippen LogP contribution in [0, 0.1) is 5.41 Å². The first-order chi connectivity index (χ1) is 11.4. The van der Waals surface area contributed by atoms with Gasteiger partial charge in [0.2, 0.25) is 11.8 Å². The van der Waals surface area contributed by atoms with Crippen LogP contribution >= 0.6 is 7.15 Å². The van der Waals surface area contributed by atoms with Crippen molar-refractivity contribution in [2.75, 3.05) is 6.61 Å². The van der Waals surface area contributed by atoms with Crippen molar-refractivity contribution in [1.82, 2.24) is 0 Å². The smallest absolute Gasteiger partial charge is 0.398 e. The Kier molecular flexibility index (Phi) is 5.00. The molecule has 1 aliphatic heterocycles. The molecule has 0 saturated carbocycles. The molecule has 0 aromatic heterocycles. The lowest BCUT2D eigenvalue weighted by Gasteiger charge is -2.36. The Balaban J connectivity index is 2.09. The Morgan fingerprint density at radius 2 is 2.04 bits per heavy atom. The molecule has 0 bridgehead atoms. The minimum atomic E-state index is -1.37. The standard InChI is InChI=1S/C18H21NO3PS/c1-18(2)11-21-23(24)22-17(18)16-13(15(20)9-8-14(16)19)10-12-6-4-3-5-7-12/h3-10,15,17,20H,11,19H2,1-2H3/q+1. The number of hydrogen-bond donors (Lipinski definition) is 2. The first-order valence-electron chi connectivity index (χ1n) is 7.78. The molecule has 1 aliphatic carbocycles. The second kappa shape index (κ2) is 6.87. The number of aliphatic hydroxyl groups is 1. The van der Waals surface area contributed by atoms with Crippen LogP contribution in [-0.2, 0) is 20.9 Å². The van der Waals surface area contributed by atoms with E-state index in [0.29, 0.717) is 12.3 Å². The summed E-state index contributed by atoms with van der Waals surface area (Å²) in [6.45, 7) is 4.61. The minimum absolute atomic E-state index is 0.293. The van der Waals surface area contributed by atoms with Gasteiger partial charge in [-0.25, -0.2) is 0 Å². The molecule has 1 saturated heterocycles. The van der Waals surface area contributed by atoms with Crippen molar-refractivity contribution in [3.8, 4) is 0 Å². The maximum atomic E-state index is 10.5. The second-order valence-corrected chi connectivity index (χ2v) is 8.47. The summed E-state index contributed by atoms with van der Waals surface area (Å²) < 4.78 is 11.5. The summed E-state index contributed by atoms with van der Waals surface area (Å²) in [7, 11) is -1.37. The second-order valence-electron chi connectivity index (χ2n) is 6.65. The van der Waals surface area contributed by atoms with Crippen molar-refractivity contribution in [2.24, 2.45) is 11.1 Å². The molecule has 1 heterocycles. The third-order valence-corrected chi connectivity index (χ3v) is 5.52. The first kappa shape index (κ1) is 17.5. The molecule has 3 N–H and O–H groups in total. The highest BCUT2D eigenvalue weighted by Gasteiger charge is 2.47. The van der Waals surface area contributed by atoms with Crippen molar-refractivity contribution in [2.45, 2.75) is 26.1 Å². The fraction of sp³-hybridized carbons (Fsp3) is 0.333. The average molecular weight is 362 g/mol. The number of nitrogens with two attached hydrogens (primary N) is 1. The largest absolute Gasteiger partial charge is 0.522 e.